The van der Waals surface area contributed by atoms with Crippen LogP contribution in [0.4, 0.5) is 0 Å². The molecule has 0 saturated carbocycles. The Hall–Kier alpha value is -1.20. The Morgan fingerprint density at radius 3 is 2.94 bits per heavy atom. The van der Waals surface area contributed by atoms with E-state index in [9.17, 15) is 4.79 Å². The van der Waals surface area contributed by atoms with Gasteiger partial charge in [0.2, 0.25) is 0 Å². The minimum Gasteiger partial charge on any atom is -0.335 e. The lowest BCUT2D eigenvalue weighted by atomic mass is 10.2. The quantitative estimate of drug-likeness (QED) is 0.789. The third-order valence-electron chi connectivity index (χ3n) is 3.23. The number of Topliss-reactive ketones (excluding diaryl/α,β-unsaturated/α-hetero) is 1. The standard InChI is InChI=1S/C13H22N4O/c1-2-6-17-9-5-15-13(17)10-12(18)11-16-7-3-14-4-8-16/h5,9,14H,2-4,6-8,10-11H2,1H3. The van der Waals surface area contributed by atoms with E-state index < -0.39 is 0 Å². The molecule has 1 aliphatic heterocycles. The van der Waals surface area contributed by atoms with E-state index in [2.05, 4.69) is 26.7 Å². The molecule has 0 unspecified atom stereocenters. The number of carbonyl (C=O) groups is 1. The van der Waals surface area contributed by atoms with Crippen LogP contribution < -0.4 is 5.32 Å². The van der Waals surface area contributed by atoms with Crippen LogP contribution in [0.1, 0.15) is 19.2 Å². The highest BCUT2D eigenvalue weighted by molar-refractivity contribution is 5.82. The zero-order chi connectivity index (χ0) is 12.8. The monoisotopic (exact) mass is 250 g/mol. The molecule has 1 aromatic heterocycles. The molecule has 0 amide bonds. The Morgan fingerprint density at radius 2 is 2.22 bits per heavy atom. The Kier molecular flexibility index (Phi) is 4.90. The highest BCUT2D eigenvalue weighted by atomic mass is 16.1. The molecule has 1 aromatic rings. The van der Waals surface area contributed by atoms with Crippen LogP contribution in [0.15, 0.2) is 12.4 Å². The van der Waals surface area contributed by atoms with Crippen molar-refractivity contribution < 1.29 is 4.79 Å². The molecular weight excluding hydrogens is 228 g/mol. The second kappa shape index (κ2) is 6.66. The van der Waals surface area contributed by atoms with Crippen molar-refractivity contribution in [3.05, 3.63) is 18.2 Å². The van der Waals surface area contributed by atoms with E-state index >= 15 is 0 Å². The van der Waals surface area contributed by atoms with E-state index in [0.29, 0.717) is 13.0 Å². The first-order valence-corrected chi connectivity index (χ1v) is 6.74. The van der Waals surface area contributed by atoms with E-state index in [1.54, 1.807) is 6.20 Å². The van der Waals surface area contributed by atoms with Crippen LogP contribution in [0.25, 0.3) is 0 Å². The lowest BCUT2D eigenvalue weighted by Gasteiger charge is -2.26. The molecule has 0 atom stereocenters. The van der Waals surface area contributed by atoms with Crippen molar-refractivity contribution in [3.8, 4) is 0 Å². The van der Waals surface area contributed by atoms with Crippen LogP contribution in [0, 0.1) is 0 Å². The summed E-state index contributed by atoms with van der Waals surface area (Å²) in [5.41, 5.74) is 0. The zero-order valence-corrected chi connectivity index (χ0v) is 11.1. The number of nitrogens with zero attached hydrogens (tertiary/aromatic N) is 3. The van der Waals surface area contributed by atoms with Crippen molar-refractivity contribution in [3.63, 3.8) is 0 Å². The van der Waals surface area contributed by atoms with Crippen LogP contribution in [0.2, 0.25) is 0 Å². The fourth-order valence-corrected chi connectivity index (χ4v) is 2.30. The van der Waals surface area contributed by atoms with Crippen LogP contribution in [0.5, 0.6) is 0 Å². The second-order valence-electron chi connectivity index (χ2n) is 4.78. The molecule has 1 saturated heterocycles. The van der Waals surface area contributed by atoms with Gasteiger partial charge in [-0.2, -0.15) is 0 Å². The van der Waals surface area contributed by atoms with Gasteiger partial charge < -0.3 is 9.88 Å². The number of imidazole rings is 1. The Bertz CT molecular complexity index is 382. The number of rotatable bonds is 6. The molecule has 18 heavy (non-hydrogen) atoms. The SMILES string of the molecule is CCCn1ccnc1CC(=O)CN1CCNCC1. The van der Waals surface area contributed by atoms with Crippen LogP contribution in [0.3, 0.4) is 0 Å². The van der Waals surface area contributed by atoms with Gasteiger partial charge in [0.1, 0.15) is 5.82 Å². The molecule has 0 bridgehead atoms. The predicted octanol–water partition coefficient (Wildman–Crippen LogP) is 0.310. The summed E-state index contributed by atoms with van der Waals surface area (Å²) in [5.74, 6) is 1.16. The van der Waals surface area contributed by atoms with E-state index in [4.69, 9.17) is 0 Å². The van der Waals surface area contributed by atoms with Crippen LogP contribution >= 0.6 is 0 Å². The third-order valence-corrected chi connectivity index (χ3v) is 3.23. The number of nitrogens with one attached hydrogen (secondary N) is 1. The van der Waals surface area contributed by atoms with Gasteiger partial charge in [-0.25, -0.2) is 4.98 Å². The van der Waals surface area contributed by atoms with Gasteiger partial charge in [-0.3, -0.25) is 9.69 Å². The first-order valence-electron chi connectivity index (χ1n) is 6.74. The summed E-state index contributed by atoms with van der Waals surface area (Å²) in [4.78, 5) is 18.5. The summed E-state index contributed by atoms with van der Waals surface area (Å²) in [5, 5.41) is 3.29. The highest BCUT2D eigenvalue weighted by Crippen LogP contribution is 2.02. The van der Waals surface area contributed by atoms with Gasteiger partial charge in [-0.1, -0.05) is 6.92 Å². The van der Waals surface area contributed by atoms with Gasteiger partial charge >= 0.3 is 0 Å². The molecule has 1 aliphatic rings. The Morgan fingerprint density at radius 1 is 1.44 bits per heavy atom. The summed E-state index contributed by atoms with van der Waals surface area (Å²) in [6, 6.07) is 0. The summed E-state index contributed by atoms with van der Waals surface area (Å²) in [6.45, 7) is 7.53. The molecule has 2 heterocycles. The summed E-state index contributed by atoms with van der Waals surface area (Å²) >= 11 is 0. The number of aryl methyl sites for hydroxylation is 1. The molecule has 1 fully saturated rings. The van der Waals surface area contributed by atoms with Gasteiger partial charge in [-0.15, -0.1) is 0 Å². The minimum absolute atomic E-state index is 0.264. The van der Waals surface area contributed by atoms with E-state index in [1.807, 2.05) is 6.20 Å². The summed E-state index contributed by atoms with van der Waals surface area (Å²) in [7, 11) is 0. The van der Waals surface area contributed by atoms with Gasteiger partial charge in [0.15, 0.2) is 5.78 Å². The van der Waals surface area contributed by atoms with Crippen molar-refractivity contribution >= 4 is 5.78 Å². The summed E-state index contributed by atoms with van der Waals surface area (Å²) in [6.07, 6.45) is 5.26. The average Bonchev–Trinajstić information content (AvgIpc) is 2.78. The molecule has 100 valence electrons. The first-order chi connectivity index (χ1) is 8.79. The first kappa shape index (κ1) is 13.2. The van der Waals surface area contributed by atoms with E-state index in [-0.39, 0.29) is 5.78 Å². The lowest BCUT2D eigenvalue weighted by molar-refractivity contribution is -0.119. The van der Waals surface area contributed by atoms with Crippen LogP contribution in [-0.2, 0) is 17.8 Å². The molecule has 2 rings (SSSR count). The highest BCUT2D eigenvalue weighted by Gasteiger charge is 2.15. The maximum atomic E-state index is 12.0. The maximum absolute atomic E-state index is 12.0. The van der Waals surface area contributed by atoms with E-state index in [0.717, 1.165) is 45.0 Å². The fraction of sp³-hybridized carbons (Fsp3) is 0.692. The largest absolute Gasteiger partial charge is 0.335 e. The molecule has 0 aliphatic carbocycles. The fourth-order valence-electron chi connectivity index (χ4n) is 2.30. The molecular formula is C13H22N4O. The third kappa shape index (κ3) is 3.65. The van der Waals surface area contributed by atoms with Crippen molar-refractivity contribution in [2.45, 2.75) is 26.3 Å². The van der Waals surface area contributed by atoms with E-state index in [1.165, 1.54) is 0 Å². The topological polar surface area (TPSA) is 50.2 Å². The molecule has 0 spiro atoms. The normalized spacial score (nSPS) is 16.9. The molecule has 0 aromatic carbocycles. The average molecular weight is 250 g/mol. The molecule has 1 N–H and O–H groups in total. The minimum atomic E-state index is 0.264. The van der Waals surface area contributed by atoms with Gasteiger partial charge in [0.25, 0.3) is 0 Å². The Balaban J connectivity index is 1.84. The van der Waals surface area contributed by atoms with Gasteiger partial charge in [-0.05, 0) is 6.42 Å². The lowest BCUT2D eigenvalue weighted by Crippen LogP contribution is -2.45. The second-order valence-corrected chi connectivity index (χ2v) is 4.78. The smallest absolute Gasteiger partial charge is 0.154 e. The number of aromatic nitrogens is 2. The summed E-state index contributed by atoms with van der Waals surface area (Å²) < 4.78 is 2.08. The van der Waals surface area contributed by atoms with Crippen molar-refractivity contribution in [2.24, 2.45) is 0 Å². The number of hydrogen-bond acceptors (Lipinski definition) is 4. The number of piperazine rings is 1. The van der Waals surface area contributed by atoms with Gasteiger partial charge in [0.05, 0.1) is 13.0 Å². The Labute approximate surface area is 108 Å². The van der Waals surface area contributed by atoms with Crippen molar-refractivity contribution in [2.75, 3.05) is 32.7 Å². The molecule has 5 heteroatoms. The molecule has 0 radical (unpaired) electrons. The number of carbonyl (C=O) groups excluding carboxylic acids is 1. The predicted molar refractivity (Wildman–Crippen MR) is 70.5 cm³/mol. The zero-order valence-electron chi connectivity index (χ0n) is 11.1. The van der Waals surface area contributed by atoms with Crippen LogP contribution in [-0.4, -0.2) is 53.0 Å². The number of hydrogen-bond donors (Lipinski definition) is 1. The van der Waals surface area contributed by atoms with Crippen molar-refractivity contribution in [1.82, 2.24) is 19.8 Å². The number of ketones is 1. The molecule has 5 nitrogen and oxygen atoms in total. The maximum Gasteiger partial charge on any atom is 0.154 e. The van der Waals surface area contributed by atoms with Crippen molar-refractivity contribution in [1.29, 1.82) is 0 Å². The van der Waals surface area contributed by atoms with Gasteiger partial charge in [0, 0.05) is 45.1 Å².